The zero-order valence-electron chi connectivity index (χ0n) is 11.5. The fraction of sp³-hybridized carbons (Fsp3) is 0.500. The van der Waals surface area contributed by atoms with Crippen molar-refractivity contribution in [2.45, 2.75) is 32.7 Å². The maximum atomic E-state index is 11.3. The number of carbonyl (C=O) groups is 1. The molecule has 0 heterocycles. The Morgan fingerprint density at radius 1 is 1.40 bits per heavy atom. The van der Waals surface area contributed by atoms with Crippen molar-refractivity contribution in [3.8, 4) is 0 Å². The average Bonchev–Trinajstić information content (AvgIpc) is 2.70. The average molecular weight is 278 g/mol. The number of nitrogens with zero attached hydrogens (tertiary/aromatic N) is 1. The number of hydrogen-bond acceptors (Lipinski definition) is 4. The van der Waals surface area contributed by atoms with Crippen LogP contribution in [0.5, 0.6) is 0 Å². The summed E-state index contributed by atoms with van der Waals surface area (Å²) in [5, 5.41) is 23.2. The summed E-state index contributed by atoms with van der Waals surface area (Å²) in [6.07, 6.45) is 2.09. The second-order valence-electron chi connectivity index (χ2n) is 5.46. The van der Waals surface area contributed by atoms with Crippen LogP contribution in [-0.2, 0) is 0 Å². The van der Waals surface area contributed by atoms with Gasteiger partial charge in [-0.15, -0.1) is 0 Å². The number of nitrogens with one attached hydrogen (secondary N) is 1. The highest BCUT2D eigenvalue weighted by Crippen LogP contribution is 2.34. The van der Waals surface area contributed by atoms with Gasteiger partial charge >= 0.3 is 5.97 Å². The minimum absolute atomic E-state index is 0.0500. The molecule has 1 aromatic rings. The van der Waals surface area contributed by atoms with Gasteiger partial charge in [0, 0.05) is 23.9 Å². The monoisotopic (exact) mass is 278 g/mol. The summed E-state index contributed by atoms with van der Waals surface area (Å²) >= 11 is 0. The molecule has 0 amide bonds. The molecule has 1 aliphatic rings. The molecule has 2 rings (SSSR count). The summed E-state index contributed by atoms with van der Waals surface area (Å²) in [5.41, 5.74) is 0.195. The number of nitro groups is 1. The van der Waals surface area contributed by atoms with E-state index in [4.69, 9.17) is 0 Å². The smallest absolute Gasteiger partial charge is 0.338 e. The van der Waals surface area contributed by atoms with Gasteiger partial charge in [0.2, 0.25) is 0 Å². The lowest BCUT2D eigenvalue weighted by atomic mass is 9.97. The van der Waals surface area contributed by atoms with Crippen LogP contribution in [0.4, 0.5) is 11.4 Å². The first kappa shape index (κ1) is 14.3. The Hall–Kier alpha value is -2.11. The predicted molar refractivity (Wildman–Crippen MR) is 75.0 cm³/mol. The normalized spacial score (nSPS) is 25.4. The Morgan fingerprint density at radius 2 is 2.10 bits per heavy atom. The first-order valence-corrected chi connectivity index (χ1v) is 6.68. The second-order valence-corrected chi connectivity index (χ2v) is 5.46. The molecule has 0 aromatic heterocycles. The zero-order valence-corrected chi connectivity index (χ0v) is 11.5. The molecule has 1 fully saturated rings. The molecule has 1 saturated carbocycles. The topological polar surface area (TPSA) is 92.5 Å². The lowest BCUT2D eigenvalue weighted by Crippen LogP contribution is -2.25. The molecule has 6 heteroatoms. The summed E-state index contributed by atoms with van der Waals surface area (Å²) in [6.45, 7) is 4.32. The fourth-order valence-electron chi connectivity index (χ4n) is 2.72. The molecule has 0 spiro atoms. The van der Waals surface area contributed by atoms with E-state index in [2.05, 4.69) is 19.2 Å². The standard InChI is InChI=1S/C14H18N2O4/c1-8-3-5-12(9(8)2)15-13-6-4-10(16(19)20)7-11(13)14(17)18/h4,6-9,12,15H,3,5H2,1-2H3,(H,17,18). The number of anilines is 1. The highest BCUT2D eigenvalue weighted by molar-refractivity contribution is 5.95. The first-order valence-electron chi connectivity index (χ1n) is 6.68. The van der Waals surface area contributed by atoms with E-state index >= 15 is 0 Å². The van der Waals surface area contributed by atoms with Gasteiger partial charge in [-0.3, -0.25) is 10.1 Å². The maximum Gasteiger partial charge on any atom is 0.338 e. The van der Waals surface area contributed by atoms with Crippen molar-refractivity contribution < 1.29 is 14.8 Å². The molecule has 0 saturated heterocycles. The van der Waals surface area contributed by atoms with Gasteiger partial charge in [-0.05, 0) is 30.7 Å². The molecule has 0 bridgehead atoms. The van der Waals surface area contributed by atoms with Gasteiger partial charge in [0.05, 0.1) is 10.5 Å². The van der Waals surface area contributed by atoms with Crippen LogP contribution in [0.3, 0.4) is 0 Å². The summed E-state index contributed by atoms with van der Waals surface area (Å²) in [6, 6.07) is 4.13. The Bertz CT molecular complexity index is 544. The van der Waals surface area contributed by atoms with Crippen LogP contribution in [0.1, 0.15) is 37.0 Å². The minimum Gasteiger partial charge on any atom is -0.478 e. The summed E-state index contributed by atoms with van der Waals surface area (Å²) in [7, 11) is 0. The van der Waals surface area contributed by atoms with Crippen molar-refractivity contribution in [1.82, 2.24) is 0 Å². The molecule has 3 unspecified atom stereocenters. The molecule has 0 radical (unpaired) electrons. The Balaban J connectivity index is 2.27. The van der Waals surface area contributed by atoms with E-state index < -0.39 is 10.9 Å². The van der Waals surface area contributed by atoms with Gasteiger partial charge in [0.15, 0.2) is 0 Å². The lowest BCUT2D eigenvalue weighted by molar-refractivity contribution is -0.384. The van der Waals surface area contributed by atoms with Crippen LogP contribution in [0, 0.1) is 22.0 Å². The molecule has 1 aromatic carbocycles. The number of hydrogen-bond donors (Lipinski definition) is 2. The Morgan fingerprint density at radius 3 is 2.60 bits per heavy atom. The summed E-state index contributed by atoms with van der Waals surface area (Å²) < 4.78 is 0. The number of nitro benzene ring substituents is 1. The van der Waals surface area contributed by atoms with Crippen molar-refractivity contribution in [1.29, 1.82) is 0 Å². The van der Waals surface area contributed by atoms with E-state index in [9.17, 15) is 20.0 Å². The van der Waals surface area contributed by atoms with Gasteiger partial charge < -0.3 is 10.4 Å². The van der Waals surface area contributed by atoms with Crippen LogP contribution in [0.25, 0.3) is 0 Å². The Labute approximate surface area is 117 Å². The second kappa shape index (κ2) is 5.48. The van der Waals surface area contributed by atoms with E-state index in [0.29, 0.717) is 17.5 Å². The van der Waals surface area contributed by atoms with E-state index in [1.54, 1.807) is 0 Å². The predicted octanol–water partition coefficient (Wildman–Crippen LogP) is 3.14. The van der Waals surface area contributed by atoms with Crippen molar-refractivity contribution in [2.75, 3.05) is 5.32 Å². The number of benzene rings is 1. The number of aromatic carboxylic acids is 1. The highest BCUT2D eigenvalue weighted by Gasteiger charge is 2.30. The van der Waals surface area contributed by atoms with E-state index in [1.165, 1.54) is 12.1 Å². The highest BCUT2D eigenvalue weighted by atomic mass is 16.6. The van der Waals surface area contributed by atoms with Crippen molar-refractivity contribution in [3.63, 3.8) is 0 Å². The summed E-state index contributed by atoms with van der Waals surface area (Å²) in [4.78, 5) is 21.4. The SMILES string of the molecule is CC1CCC(Nc2ccc([N+](=O)[O-])cc2C(=O)O)C1C. The zero-order chi connectivity index (χ0) is 14.9. The van der Waals surface area contributed by atoms with Crippen LogP contribution in [0.2, 0.25) is 0 Å². The molecule has 108 valence electrons. The molecular formula is C14H18N2O4. The molecule has 1 aliphatic carbocycles. The largest absolute Gasteiger partial charge is 0.478 e. The van der Waals surface area contributed by atoms with Crippen LogP contribution in [-0.4, -0.2) is 22.0 Å². The Kier molecular flexibility index (Phi) is 3.92. The van der Waals surface area contributed by atoms with Gasteiger partial charge in [-0.25, -0.2) is 4.79 Å². The molecule has 3 atom stereocenters. The van der Waals surface area contributed by atoms with Crippen molar-refractivity contribution in [3.05, 3.63) is 33.9 Å². The third-order valence-electron chi connectivity index (χ3n) is 4.25. The molecule has 0 aliphatic heterocycles. The molecule has 20 heavy (non-hydrogen) atoms. The van der Waals surface area contributed by atoms with Crippen LogP contribution < -0.4 is 5.32 Å². The van der Waals surface area contributed by atoms with Crippen LogP contribution in [0.15, 0.2) is 18.2 Å². The number of non-ortho nitro benzene ring substituents is 1. The maximum absolute atomic E-state index is 11.3. The quantitative estimate of drug-likeness (QED) is 0.652. The number of carboxylic acids is 1. The van der Waals surface area contributed by atoms with Crippen molar-refractivity contribution in [2.24, 2.45) is 11.8 Å². The molecule has 2 N–H and O–H groups in total. The van der Waals surface area contributed by atoms with Crippen molar-refractivity contribution >= 4 is 17.3 Å². The van der Waals surface area contributed by atoms with Gasteiger partial charge in [-0.1, -0.05) is 13.8 Å². The third-order valence-corrected chi connectivity index (χ3v) is 4.25. The molecular weight excluding hydrogens is 260 g/mol. The van der Waals surface area contributed by atoms with Gasteiger partial charge in [0.1, 0.15) is 0 Å². The van der Waals surface area contributed by atoms with Crippen LogP contribution >= 0.6 is 0 Å². The first-order chi connectivity index (χ1) is 9.40. The minimum atomic E-state index is -1.16. The van der Waals surface area contributed by atoms with Gasteiger partial charge in [0.25, 0.3) is 5.69 Å². The number of carboxylic acid groups (broad SMARTS) is 1. The van der Waals surface area contributed by atoms with E-state index in [-0.39, 0.29) is 17.3 Å². The lowest BCUT2D eigenvalue weighted by Gasteiger charge is -2.21. The molecule has 6 nitrogen and oxygen atoms in total. The van der Waals surface area contributed by atoms with E-state index in [0.717, 1.165) is 18.9 Å². The number of rotatable bonds is 4. The fourth-order valence-corrected chi connectivity index (χ4v) is 2.72. The summed E-state index contributed by atoms with van der Waals surface area (Å²) in [5.74, 6) is -0.111. The van der Waals surface area contributed by atoms with Gasteiger partial charge in [-0.2, -0.15) is 0 Å². The third kappa shape index (κ3) is 2.74. The van der Waals surface area contributed by atoms with E-state index in [1.807, 2.05) is 0 Å².